The van der Waals surface area contributed by atoms with Gasteiger partial charge in [-0.3, -0.25) is 0 Å². The van der Waals surface area contributed by atoms with Crippen LogP contribution < -0.4 is 10.1 Å². The summed E-state index contributed by atoms with van der Waals surface area (Å²) in [7, 11) is 0. The maximum absolute atomic E-state index is 10.2. The van der Waals surface area contributed by atoms with Crippen LogP contribution in [0.3, 0.4) is 0 Å². The van der Waals surface area contributed by atoms with Gasteiger partial charge in [0.2, 0.25) is 0 Å². The molecule has 0 amide bonds. The van der Waals surface area contributed by atoms with Crippen molar-refractivity contribution in [1.82, 2.24) is 0 Å². The van der Waals surface area contributed by atoms with E-state index in [0.29, 0.717) is 19.2 Å². The van der Waals surface area contributed by atoms with Crippen LogP contribution in [0.2, 0.25) is 0 Å². The number of quaternary nitrogens is 1. The van der Waals surface area contributed by atoms with Gasteiger partial charge in [0.1, 0.15) is 31.0 Å². The second-order valence-corrected chi connectivity index (χ2v) is 7.38. The van der Waals surface area contributed by atoms with Crippen molar-refractivity contribution in [2.75, 3.05) is 13.2 Å². The monoisotopic (exact) mass is 328 g/mol. The van der Waals surface area contributed by atoms with Gasteiger partial charge in [0.25, 0.3) is 0 Å². The van der Waals surface area contributed by atoms with Crippen molar-refractivity contribution >= 4 is 0 Å². The summed E-state index contributed by atoms with van der Waals surface area (Å²) in [6, 6.07) is 18.7. The van der Waals surface area contributed by atoms with E-state index in [-0.39, 0.29) is 5.41 Å². The molecular weight excluding hydrogens is 298 g/mol. The fraction of sp³-hybridized carbons (Fsp3) is 0.429. The SMILES string of the molecule is C[C@H]([NH2+]C[C@@H](O)COc1ccccc1C(C)(C)C)c1ccccc1. The van der Waals surface area contributed by atoms with Crippen LogP contribution in [0.5, 0.6) is 5.75 Å². The Balaban J connectivity index is 1.85. The van der Waals surface area contributed by atoms with Crippen LogP contribution in [0.25, 0.3) is 0 Å². The molecule has 0 spiro atoms. The molecule has 24 heavy (non-hydrogen) atoms. The summed E-state index contributed by atoms with van der Waals surface area (Å²) in [5.74, 6) is 0.861. The number of rotatable bonds is 7. The van der Waals surface area contributed by atoms with Crippen LogP contribution in [0.4, 0.5) is 0 Å². The number of aliphatic hydroxyl groups excluding tert-OH is 1. The number of benzene rings is 2. The van der Waals surface area contributed by atoms with Gasteiger partial charge >= 0.3 is 0 Å². The molecule has 0 aromatic heterocycles. The summed E-state index contributed by atoms with van der Waals surface area (Å²) in [4.78, 5) is 0. The Labute approximate surface area is 145 Å². The normalized spacial score (nSPS) is 14.2. The molecule has 0 saturated heterocycles. The predicted octanol–water partition coefficient (Wildman–Crippen LogP) is 3.05. The van der Waals surface area contributed by atoms with Gasteiger partial charge in [-0.1, -0.05) is 69.3 Å². The number of ether oxygens (including phenoxy) is 1. The number of hydrogen-bond acceptors (Lipinski definition) is 2. The molecule has 3 heteroatoms. The van der Waals surface area contributed by atoms with Crippen LogP contribution >= 0.6 is 0 Å². The van der Waals surface area contributed by atoms with E-state index in [2.05, 4.69) is 51.2 Å². The van der Waals surface area contributed by atoms with E-state index in [4.69, 9.17) is 4.74 Å². The zero-order chi connectivity index (χ0) is 17.6. The minimum Gasteiger partial charge on any atom is -0.490 e. The summed E-state index contributed by atoms with van der Waals surface area (Å²) in [6.45, 7) is 9.58. The number of nitrogens with two attached hydrogens (primary N) is 1. The van der Waals surface area contributed by atoms with E-state index in [9.17, 15) is 5.11 Å². The largest absolute Gasteiger partial charge is 0.490 e. The smallest absolute Gasteiger partial charge is 0.137 e. The molecule has 2 aromatic carbocycles. The average molecular weight is 328 g/mol. The Kier molecular flexibility index (Phi) is 6.41. The van der Waals surface area contributed by atoms with E-state index in [0.717, 1.165) is 5.75 Å². The van der Waals surface area contributed by atoms with Crippen LogP contribution in [0.15, 0.2) is 54.6 Å². The Morgan fingerprint density at radius 1 is 1.00 bits per heavy atom. The first-order valence-electron chi connectivity index (χ1n) is 8.66. The lowest BCUT2D eigenvalue weighted by molar-refractivity contribution is -0.698. The number of para-hydroxylation sites is 1. The molecule has 0 aliphatic rings. The van der Waals surface area contributed by atoms with Gasteiger partial charge < -0.3 is 15.2 Å². The van der Waals surface area contributed by atoms with Crippen molar-refractivity contribution in [3.05, 3.63) is 65.7 Å². The maximum Gasteiger partial charge on any atom is 0.137 e. The molecule has 0 bridgehead atoms. The predicted molar refractivity (Wildman–Crippen MR) is 98.3 cm³/mol. The molecule has 0 saturated carbocycles. The summed E-state index contributed by atoms with van der Waals surface area (Å²) < 4.78 is 5.89. The van der Waals surface area contributed by atoms with Crippen molar-refractivity contribution < 1.29 is 15.2 Å². The van der Waals surface area contributed by atoms with Gasteiger partial charge in [-0.25, -0.2) is 0 Å². The highest BCUT2D eigenvalue weighted by molar-refractivity contribution is 5.38. The Morgan fingerprint density at radius 2 is 1.62 bits per heavy atom. The van der Waals surface area contributed by atoms with Crippen molar-refractivity contribution in [1.29, 1.82) is 0 Å². The molecule has 0 aliphatic heterocycles. The van der Waals surface area contributed by atoms with Gasteiger partial charge in [0, 0.05) is 5.56 Å². The summed E-state index contributed by atoms with van der Waals surface area (Å²) in [5.41, 5.74) is 2.46. The highest BCUT2D eigenvalue weighted by atomic mass is 16.5. The maximum atomic E-state index is 10.2. The molecule has 0 heterocycles. The summed E-state index contributed by atoms with van der Waals surface area (Å²) >= 11 is 0. The van der Waals surface area contributed by atoms with Crippen LogP contribution in [-0.4, -0.2) is 24.4 Å². The van der Waals surface area contributed by atoms with Gasteiger partial charge in [0.05, 0.1) is 0 Å². The van der Waals surface area contributed by atoms with Crippen LogP contribution in [-0.2, 0) is 5.41 Å². The third-order valence-corrected chi connectivity index (χ3v) is 4.21. The molecule has 2 rings (SSSR count). The first-order chi connectivity index (χ1) is 11.4. The van der Waals surface area contributed by atoms with E-state index in [1.807, 2.05) is 36.4 Å². The summed E-state index contributed by atoms with van der Waals surface area (Å²) in [5, 5.41) is 12.4. The third-order valence-electron chi connectivity index (χ3n) is 4.21. The first-order valence-corrected chi connectivity index (χ1v) is 8.66. The molecule has 0 radical (unpaired) electrons. The molecular formula is C21H30NO2+. The van der Waals surface area contributed by atoms with Crippen molar-refractivity contribution in [3.63, 3.8) is 0 Å². The van der Waals surface area contributed by atoms with Gasteiger partial charge in [-0.15, -0.1) is 0 Å². The lowest BCUT2D eigenvalue weighted by Gasteiger charge is -2.23. The highest BCUT2D eigenvalue weighted by Gasteiger charge is 2.19. The standard InChI is InChI=1S/C21H29NO2/c1-16(17-10-6-5-7-11-17)22-14-18(23)15-24-20-13-9-8-12-19(20)21(2,3)4/h5-13,16,18,22-23H,14-15H2,1-4H3/p+1/t16-,18+/m0/s1. The minimum atomic E-state index is -0.496. The lowest BCUT2D eigenvalue weighted by Crippen LogP contribution is -2.87. The first kappa shape index (κ1) is 18.5. The van der Waals surface area contributed by atoms with Crippen LogP contribution in [0, 0.1) is 0 Å². The van der Waals surface area contributed by atoms with E-state index in [1.165, 1.54) is 11.1 Å². The van der Waals surface area contributed by atoms with E-state index < -0.39 is 6.10 Å². The Bertz CT molecular complexity index is 619. The zero-order valence-electron chi connectivity index (χ0n) is 15.2. The molecule has 3 nitrogen and oxygen atoms in total. The minimum absolute atomic E-state index is 0.0233. The molecule has 0 fully saturated rings. The fourth-order valence-electron chi connectivity index (χ4n) is 2.72. The Morgan fingerprint density at radius 3 is 2.29 bits per heavy atom. The van der Waals surface area contributed by atoms with Crippen molar-refractivity contribution in [2.24, 2.45) is 0 Å². The second-order valence-electron chi connectivity index (χ2n) is 7.38. The third kappa shape index (κ3) is 5.36. The molecule has 0 aliphatic carbocycles. The fourth-order valence-corrected chi connectivity index (χ4v) is 2.72. The van der Waals surface area contributed by atoms with Crippen molar-refractivity contribution in [3.8, 4) is 5.75 Å². The zero-order valence-corrected chi connectivity index (χ0v) is 15.2. The van der Waals surface area contributed by atoms with E-state index in [1.54, 1.807) is 0 Å². The molecule has 2 atom stereocenters. The lowest BCUT2D eigenvalue weighted by atomic mass is 9.86. The van der Waals surface area contributed by atoms with Gasteiger partial charge in [0.15, 0.2) is 0 Å². The molecule has 0 unspecified atom stereocenters. The summed E-state index contributed by atoms with van der Waals surface area (Å²) in [6.07, 6.45) is -0.496. The second kappa shape index (κ2) is 8.32. The number of aliphatic hydroxyl groups is 1. The van der Waals surface area contributed by atoms with Crippen LogP contribution in [0.1, 0.15) is 44.9 Å². The molecule has 3 N–H and O–H groups in total. The van der Waals surface area contributed by atoms with Gasteiger partial charge in [-0.05, 0) is 24.0 Å². The quantitative estimate of drug-likeness (QED) is 0.820. The highest BCUT2D eigenvalue weighted by Crippen LogP contribution is 2.30. The Hall–Kier alpha value is -1.84. The average Bonchev–Trinajstić information content (AvgIpc) is 2.58. The number of hydrogen-bond donors (Lipinski definition) is 2. The molecule has 2 aromatic rings. The molecule has 130 valence electrons. The van der Waals surface area contributed by atoms with E-state index >= 15 is 0 Å². The van der Waals surface area contributed by atoms with Gasteiger partial charge in [-0.2, -0.15) is 0 Å². The topological polar surface area (TPSA) is 46.1 Å². The van der Waals surface area contributed by atoms with Crippen molar-refractivity contribution in [2.45, 2.75) is 45.3 Å².